The first kappa shape index (κ1) is 9.63. The van der Waals surface area contributed by atoms with Crippen LogP contribution in [0, 0.1) is 5.92 Å². The molecule has 1 aliphatic carbocycles. The standard InChI is InChI=1S/C12H15N3O/c13-11-4-2-9(6-14-11)12(16)15-7-8-1-3-10(15)5-8/h2,4,6,8,10H,1,3,5,7H2,(H2,13,14). The lowest BCUT2D eigenvalue weighted by atomic mass is 10.1. The van der Waals surface area contributed by atoms with Gasteiger partial charge in [-0.1, -0.05) is 0 Å². The number of carbonyl (C=O) groups is 1. The van der Waals surface area contributed by atoms with Gasteiger partial charge in [-0.25, -0.2) is 4.98 Å². The normalized spacial score (nSPS) is 27.4. The van der Waals surface area contributed by atoms with Gasteiger partial charge < -0.3 is 10.6 Å². The number of carbonyl (C=O) groups excluding carboxylic acids is 1. The van der Waals surface area contributed by atoms with Gasteiger partial charge in [-0.2, -0.15) is 0 Å². The average molecular weight is 217 g/mol. The number of hydrogen-bond donors (Lipinski definition) is 1. The van der Waals surface area contributed by atoms with Crippen LogP contribution in [-0.2, 0) is 0 Å². The maximum absolute atomic E-state index is 12.2. The average Bonchev–Trinajstić information content (AvgIpc) is 2.91. The summed E-state index contributed by atoms with van der Waals surface area (Å²) in [6.07, 6.45) is 5.21. The molecule has 2 bridgehead atoms. The summed E-state index contributed by atoms with van der Waals surface area (Å²) in [6, 6.07) is 3.91. The van der Waals surface area contributed by atoms with Crippen LogP contribution in [0.2, 0.25) is 0 Å². The Morgan fingerprint density at radius 1 is 1.44 bits per heavy atom. The molecule has 4 nitrogen and oxygen atoms in total. The molecule has 1 aromatic rings. The number of hydrogen-bond acceptors (Lipinski definition) is 3. The van der Waals surface area contributed by atoms with E-state index >= 15 is 0 Å². The van der Waals surface area contributed by atoms with Crippen molar-refractivity contribution in [2.24, 2.45) is 5.92 Å². The highest BCUT2D eigenvalue weighted by atomic mass is 16.2. The molecule has 2 unspecified atom stereocenters. The zero-order valence-electron chi connectivity index (χ0n) is 9.10. The van der Waals surface area contributed by atoms with Crippen molar-refractivity contribution in [3.63, 3.8) is 0 Å². The number of amides is 1. The van der Waals surface area contributed by atoms with E-state index in [4.69, 9.17) is 5.73 Å². The maximum atomic E-state index is 12.2. The van der Waals surface area contributed by atoms with Gasteiger partial charge in [0.2, 0.25) is 0 Å². The number of fused-ring (bicyclic) bond motifs is 2. The van der Waals surface area contributed by atoms with Gasteiger partial charge in [0.05, 0.1) is 5.56 Å². The molecule has 0 radical (unpaired) electrons. The van der Waals surface area contributed by atoms with E-state index in [0.29, 0.717) is 17.4 Å². The van der Waals surface area contributed by atoms with E-state index in [0.717, 1.165) is 12.5 Å². The fourth-order valence-corrected chi connectivity index (χ4v) is 2.87. The van der Waals surface area contributed by atoms with Crippen LogP contribution in [0.15, 0.2) is 18.3 Å². The van der Waals surface area contributed by atoms with E-state index in [2.05, 4.69) is 4.98 Å². The summed E-state index contributed by atoms with van der Waals surface area (Å²) >= 11 is 0. The van der Waals surface area contributed by atoms with Gasteiger partial charge in [0.15, 0.2) is 0 Å². The van der Waals surface area contributed by atoms with Crippen molar-refractivity contribution in [1.82, 2.24) is 9.88 Å². The molecule has 16 heavy (non-hydrogen) atoms. The molecule has 0 aromatic carbocycles. The van der Waals surface area contributed by atoms with E-state index in [1.807, 2.05) is 4.90 Å². The van der Waals surface area contributed by atoms with Crippen LogP contribution < -0.4 is 5.73 Å². The Morgan fingerprint density at radius 2 is 2.31 bits per heavy atom. The number of anilines is 1. The number of aromatic nitrogens is 1. The topological polar surface area (TPSA) is 59.2 Å². The molecule has 2 atom stereocenters. The summed E-state index contributed by atoms with van der Waals surface area (Å²) in [7, 11) is 0. The Balaban J connectivity index is 1.80. The molecule has 1 saturated heterocycles. The molecular formula is C12H15N3O. The van der Waals surface area contributed by atoms with E-state index in [-0.39, 0.29) is 5.91 Å². The van der Waals surface area contributed by atoms with E-state index in [1.165, 1.54) is 19.3 Å². The number of nitrogen functional groups attached to an aromatic ring is 1. The predicted octanol–water partition coefficient (Wildman–Crippen LogP) is 1.29. The summed E-state index contributed by atoms with van der Waals surface area (Å²) in [4.78, 5) is 18.2. The summed E-state index contributed by atoms with van der Waals surface area (Å²) in [6.45, 7) is 0.924. The largest absolute Gasteiger partial charge is 0.384 e. The first-order valence-corrected chi connectivity index (χ1v) is 5.76. The molecule has 1 saturated carbocycles. The lowest BCUT2D eigenvalue weighted by Crippen LogP contribution is -2.37. The summed E-state index contributed by atoms with van der Waals surface area (Å²) in [5, 5.41) is 0. The Kier molecular flexibility index (Phi) is 2.09. The van der Waals surface area contributed by atoms with Gasteiger partial charge in [-0.15, -0.1) is 0 Å². The SMILES string of the molecule is Nc1ccc(C(=O)N2CC3CCC2C3)cn1. The zero-order chi connectivity index (χ0) is 11.1. The van der Waals surface area contributed by atoms with Crippen LogP contribution in [0.4, 0.5) is 5.82 Å². The molecular weight excluding hydrogens is 202 g/mol. The molecule has 3 rings (SSSR count). The fourth-order valence-electron chi connectivity index (χ4n) is 2.87. The predicted molar refractivity (Wildman–Crippen MR) is 60.8 cm³/mol. The van der Waals surface area contributed by atoms with Crippen molar-refractivity contribution >= 4 is 11.7 Å². The van der Waals surface area contributed by atoms with Crippen molar-refractivity contribution in [3.8, 4) is 0 Å². The zero-order valence-corrected chi connectivity index (χ0v) is 9.10. The second-order valence-corrected chi connectivity index (χ2v) is 4.76. The first-order chi connectivity index (χ1) is 7.74. The quantitative estimate of drug-likeness (QED) is 0.771. The number of rotatable bonds is 1. The van der Waals surface area contributed by atoms with E-state index < -0.39 is 0 Å². The van der Waals surface area contributed by atoms with Gasteiger partial charge in [0, 0.05) is 18.8 Å². The summed E-state index contributed by atoms with van der Waals surface area (Å²) in [5.41, 5.74) is 6.16. The van der Waals surface area contributed by atoms with Crippen molar-refractivity contribution in [2.45, 2.75) is 25.3 Å². The van der Waals surface area contributed by atoms with E-state index in [1.54, 1.807) is 18.3 Å². The minimum Gasteiger partial charge on any atom is -0.384 e. The molecule has 1 amide bonds. The molecule has 1 aliphatic heterocycles. The minimum atomic E-state index is 0.111. The van der Waals surface area contributed by atoms with Gasteiger partial charge in [0.1, 0.15) is 5.82 Å². The molecule has 1 aromatic heterocycles. The lowest BCUT2D eigenvalue weighted by Gasteiger charge is -2.26. The monoisotopic (exact) mass is 217 g/mol. The Labute approximate surface area is 94.5 Å². The highest BCUT2D eigenvalue weighted by Crippen LogP contribution is 2.37. The second kappa shape index (κ2) is 3.47. The van der Waals surface area contributed by atoms with Gasteiger partial charge in [0.25, 0.3) is 5.91 Å². The third kappa shape index (κ3) is 1.45. The maximum Gasteiger partial charge on any atom is 0.255 e. The summed E-state index contributed by atoms with van der Waals surface area (Å²) in [5.74, 6) is 1.30. The van der Waals surface area contributed by atoms with Crippen molar-refractivity contribution in [3.05, 3.63) is 23.9 Å². The minimum absolute atomic E-state index is 0.111. The van der Waals surface area contributed by atoms with Gasteiger partial charge in [-0.3, -0.25) is 4.79 Å². The molecule has 2 heterocycles. The molecule has 0 spiro atoms. The van der Waals surface area contributed by atoms with Crippen LogP contribution >= 0.6 is 0 Å². The number of likely N-dealkylation sites (tertiary alicyclic amines) is 1. The smallest absolute Gasteiger partial charge is 0.255 e. The number of nitrogens with zero attached hydrogens (tertiary/aromatic N) is 2. The van der Waals surface area contributed by atoms with Crippen LogP contribution in [0.1, 0.15) is 29.6 Å². The van der Waals surface area contributed by atoms with E-state index in [9.17, 15) is 4.79 Å². The van der Waals surface area contributed by atoms with Crippen LogP contribution in [0.25, 0.3) is 0 Å². The molecule has 2 aliphatic rings. The van der Waals surface area contributed by atoms with Crippen molar-refractivity contribution < 1.29 is 4.79 Å². The van der Waals surface area contributed by atoms with Crippen molar-refractivity contribution in [1.29, 1.82) is 0 Å². The molecule has 84 valence electrons. The van der Waals surface area contributed by atoms with Gasteiger partial charge >= 0.3 is 0 Å². The van der Waals surface area contributed by atoms with Crippen LogP contribution in [0.5, 0.6) is 0 Å². The number of nitrogens with two attached hydrogens (primary N) is 1. The van der Waals surface area contributed by atoms with Crippen LogP contribution in [0.3, 0.4) is 0 Å². The Morgan fingerprint density at radius 3 is 2.88 bits per heavy atom. The summed E-state index contributed by atoms with van der Waals surface area (Å²) < 4.78 is 0. The number of piperidine rings is 1. The van der Waals surface area contributed by atoms with Gasteiger partial charge in [-0.05, 0) is 37.3 Å². The van der Waals surface area contributed by atoms with Crippen molar-refractivity contribution in [2.75, 3.05) is 12.3 Å². The Hall–Kier alpha value is -1.58. The third-order valence-corrected chi connectivity index (χ3v) is 3.70. The Bertz CT molecular complexity index is 415. The number of pyridine rings is 1. The molecule has 2 N–H and O–H groups in total. The van der Waals surface area contributed by atoms with Crippen LogP contribution in [-0.4, -0.2) is 28.4 Å². The highest BCUT2D eigenvalue weighted by molar-refractivity contribution is 5.94. The molecule has 4 heteroatoms. The third-order valence-electron chi connectivity index (χ3n) is 3.70. The second-order valence-electron chi connectivity index (χ2n) is 4.76. The highest BCUT2D eigenvalue weighted by Gasteiger charge is 2.40. The molecule has 2 fully saturated rings. The first-order valence-electron chi connectivity index (χ1n) is 5.76. The lowest BCUT2D eigenvalue weighted by molar-refractivity contribution is 0.0703. The fraction of sp³-hybridized carbons (Fsp3) is 0.500.